The van der Waals surface area contributed by atoms with Gasteiger partial charge in [0, 0.05) is 12.6 Å². The molecule has 5 heteroatoms. The highest BCUT2D eigenvalue weighted by Gasteiger charge is 1.92. The number of hydrogen-bond acceptors (Lipinski definition) is 3. The molecular formula is C10H18BClNO2. The third-order valence-electron chi connectivity index (χ3n) is 1.56. The van der Waals surface area contributed by atoms with Crippen LogP contribution in [0.4, 0.5) is 0 Å². The van der Waals surface area contributed by atoms with E-state index in [-0.39, 0.29) is 20.1 Å². The quantitative estimate of drug-likeness (QED) is 0.682. The number of rotatable bonds is 3. The van der Waals surface area contributed by atoms with Crippen LogP contribution in [0.3, 0.4) is 0 Å². The van der Waals surface area contributed by atoms with Crippen LogP contribution in [0, 0.1) is 0 Å². The van der Waals surface area contributed by atoms with E-state index in [1.54, 1.807) is 0 Å². The first-order valence-corrected chi connectivity index (χ1v) is 4.58. The molecule has 0 aliphatic heterocycles. The van der Waals surface area contributed by atoms with Crippen molar-refractivity contribution in [2.75, 3.05) is 0 Å². The van der Waals surface area contributed by atoms with Crippen LogP contribution in [0.15, 0.2) is 30.3 Å². The Labute approximate surface area is 98.2 Å². The predicted octanol–water partition coefficient (Wildman–Crippen LogP) is 1.11. The fraction of sp³-hybridized carbons (Fsp3) is 0.400. The fourth-order valence-electron chi connectivity index (χ4n) is 0.918. The molecule has 0 aliphatic rings. The van der Waals surface area contributed by atoms with E-state index in [0.29, 0.717) is 6.04 Å². The molecule has 3 nitrogen and oxygen atoms in total. The standard InChI is InChI=1S/C10H15N.BH2O2.ClH/c1-9(2)11-8-10-6-4-3-5-7-10;2-1-3;/h3-7,9,11H,8H2,1-2H3;2-3H;1H. The van der Waals surface area contributed by atoms with E-state index in [4.69, 9.17) is 10.0 Å². The molecule has 0 atom stereocenters. The number of benzene rings is 1. The summed E-state index contributed by atoms with van der Waals surface area (Å²) < 4.78 is 0. The van der Waals surface area contributed by atoms with E-state index in [1.165, 1.54) is 5.56 Å². The summed E-state index contributed by atoms with van der Waals surface area (Å²) in [4.78, 5) is 0. The number of nitrogens with one attached hydrogen (secondary N) is 1. The van der Waals surface area contributed by atoms with Crippen LogP contribution in [0.25, 0.3) is 0 Å². The summed E-state index contributed by atoms with van der Waals surface area (Å²) >= 11 is 0. The van der Waals surface area contributed by atoms with Gasteiger partial charge in [-0.3, -0.25) is 0 Å². The first kappa shape index (κ1) is 16.9. The molecule has 0 saturated carbocycles. The molecule has 1 aromatic rings. The normalized spacial score (nSPS) is 8.60. The van der Waals surface area contributed by atoms with Crippen molar-refractivity contribution in [3.05, 3.63) is 35.9 Å². The van der Waals surface area contributed by atoms with Gasteiger partial charge in [-0.2, -0.15) is 0 Å². The Morgan fingerprint density at radius 2 is 1.67 bits per heavy atom. The minimum absolute atomic E-state index is 0. The predicted molar refractivity (Wildman–Crippen MR) is 65.9 cm³/mol. The maximum Gasteiger partial charge on any atom is 0.482 e. The Bertz CT molecular complexity index is 222. The molecule has 0 aliphatic carbocycles. The van der Waals surface area contributed by atoms with Crippen LogP contribution < -0.4 is 5.32 Å². The van der Waals surface area contributed by atoms with E-state index in [0.717, 1.165) is 6.54 Å². The zero-order chi connectivity index (χ0) is 10.8. The first-order valence-electron chi connectivity index (χ1n) is 4.58. The number of halogens is 1. The summed E-state index contributed by atoms with van der Waals surface area (Å²) in [5, 5.41) is 17.4. The summed E-state index contributed by atoms with van der Waals surface area (Å²) in [5.74, 6) is 0. The van der Waals surface area contributed by atoms with Crippen LogP contribution in [0.1, 0.15) is 19.4 Å². The van der Waals surface area contributed by atoms with Crippen LogP contribution >= 0.6 is 12.4 Å². The van der Waals surface area contributed by atoms with Crippen molar-refractivity contribution in [2.45, 2.75) is 26.4 Å². The molecule has 85 valence electrons. The maximum absolute atomic E-state index is 7.00. The van der Waals surface area contributed by atoms with E-state index < -0.39 is 0 Å². The van der Waals surface area contributed by atoms with Gasteiger partial charge in [0.25, 0.3) is 0 Å². The van der Waals surface area contributed by atoms with Gasteiger partial charge in [0.1, 0.15) is 0 Å². The van der Waals surface area contributed by atoms with E-state index in [9.17, 15) is 0 Å². The van der Waals surface area contributed by atoms with E-state index >= 15 is 0 Å². The lowest BCUT2D eigenvalue weighted by molar-refractivity contribution is 0.448. The maximum atomic E-state index is 7.00. The fourth-order valence-corrected chi connectivity index (χ4v) is 0.918. The largest absolute Gasteiger partial charge is 0.482 e. The molecule has 1 aromatic carbocycles. The molecule has 0 bridgehead atoms. The zero-order valence-corrected chi connectivity index (χ0v) is 9.87. The zero-order valence-electron chi connectivity index (χ0n) is 9.05. The Kier molecular flexibility index (Phi) is 13.0. The molecule has 0 aromatic heterocycles. The molecule has 0 unspecified atom stereocenters. The summed E-state index contributed by atoms with van der Waals surface area (Å²) in [6, 6.07) is 11.0. The average molecular weight is 231 g/mol. The second-order valence-electron chi connectivity index (χ2n) is 3.14. The second kappa shape index (κ2) is 11.5. The van der Waals surface area contributed by atoms with Gasteiger partial charge in [-0.1, -0.05) is 44.2 Å². The monoisotopic (exact) mass is 230 g/mol. The molecule has 0 fully saturated rings. The van der Waals surface area contributed by atoms with Crippen molar-refractivity contribution in [3.8, 4) is 0 Å². The second-order valence-corrected chi connectivity index (χ2v) is 3.14. The molecule has 15 heavy (non-hydrogen) atoms. The SMILES string of the molecule is CC(C)NCc1ccccc1.Cl.O[B]O. The lowest BCUT2D eigenvalue weighted by Gasteiger charge is -2.06. The van der Waals surface area contributed by atoms with E-state index in [2.05, 4.69) is 43.4 Å². The summed E-state index contributed by atoms with van der Waals surface area (Å²) in [6.45, 7) is 5.28. The lowest BCUT2D eigenvalue weighted by atomic mass is 10.2. The minimum atomic E-state index is 0. The summed E-state index contributed by atoms with van der Waals surface area (Å²) in [6.07, 6.45) is 0. The van der Waals surface area contributed by atoms with Crippen LogP contribution in [-0.2, 0) is 6.54 Å². The minimum Gasteiger partial charge on any atom is -0.429 e. The van der Waals surface area contributed by atoms with Gasteiger partial charge < -0.3 is 15.4 Å². The molecular weight excluding hydrogens is 212 g/mol. The van der Waals surface area contributed by atoms with Gasteiger partial charge in [0.05, 0.1) is 0 Å². The van der Waals surface area contributed by atoms with Crippen molar-refractivity contribution in [3.63, 3.8) is 0 Å². The molecule has 0 heterocycles. The van der Waals surface area contributed by atoms with Gasteiger partial charge in [-0.25, -0.2) is 0 Å². The summed E-state index contributed by atoms with van der Waals surface area (Å²) in [5.41, 5.74) is 1.35. The molecule has 1 radical (unpaired) electrons. The third-order valence-corrected chi connectivity index (χ3v) is 1.56. The van der Waals surface area contributed by atoms with Crippen molar-refractivity contribution in [2.24, 2.45) is 0 Å². The molecule has 0 saturated heterocycles. The molecule has 0 amide bonds. The van der Waals surface area contributed by atoms with Crippen LogP contribution in [0.2, 0.25) is 0 Å². The van der Waals surface area contributed by atoms with E-state index in [1.807, 2.05) is 6.07 Å². The third kappa shape index (κ3) is 11.4. The lowest BCUT2D eigenvalue weighted by Crippen LogP contribution is -2.21. The highest BCUT2D eigenvalue weighted by Crippen LogP contribution is 1.97. The smallest absolute Gasteiger partial charge is 0.429 e. The Morgan fingerprint density at radius 3 is 2.07 bits per heavy atom. The van der Waals surface area contributed by atoms with Crippen molar-refractivity contribution < 1.29 is 10.0 Å². The Hall–Kier alpha value is -0.545. The van der Waals surface area contributed by atoms with Crippen molar-refractivity contribution in [1.82, 2.24) is 5.32 Å². The van der Waals surface area contributed by atoms with Gasteiger partial charge >= 0.3 is 7.69 Å². The molecule has 3 N–H and O–H groups in total. The van der Waals surface area contributed by atoms with Gasteiger partial charge in [0.2, 0.25) is 0 Å². The van der Waals surface area contributed by atoms with Crippen LogP contribution in [0.5, 0.6) is 0 Å². The van der Waals surface area contributed by atoms with Gasteiger partial charge in [-0.15, -0.1) is 12.4 Å². The highest BCUT2D eigenvalue weighted by atomic mass is 35.5. The highest BCUT2D eigenvalue weighted by molar-refractivity contribution is 6.13. The van der Waals surface area contributed by atoms with Crippen molar-refractivity contribution in [1.29, 1.82) is 0 Å². The molecule has 0 spiro atoms. The first-order chi connectivity index (χ1) is 6.70. The average Bonchev–Trinajstić information content (AvgIpc) is 2.18. The van der Waals surface area contributed by atoms with Gasteiger partial charge in [-0.05, 0) is 5.56 Å². The molecule has 1 rings (SSSR count). The van der Waals surface area contributed by atoms with Gasteiger partial charge in [0.15, 0.2) is 0 Å². The van der Waals surface area contributed by atoms with Crippen molar-refractivity contribution >= 4 is 20.1 Å². The van der Waals surface area contributed by atoms with Crippen LogP contribution in [-0.4, -0.2) is 23.8 Å². The Morgan fingerprint density at radius 1 is 1.20 bits per heavy atom. The summed E-state index contributed by atoms with van der Waals surface area (Å²) in [7, 11) is 0. The Balaban J connectivity index is 0. The topological polar surface area (TPSA) is 52.5 Å². The number of hydrogen-bond donors (Lipinski definition) is 3.